The first kappa shape index (κ1) is 10.8. The molecule has 2 fully saturated rings. The number of aromatic nitrogens is 1. The van der Waals surface area contributed by atoms with E-state index < -0.39 is 0 Å². The first-order valence-electron chi connectivity index (χ1n) is 6.50. The van der Waals surface area contributed by atoms with E-state index in [1.165, 1.54) is 24.9 Å². The zero-order chi connectivity index (χ0) is 11.7. The number of hydrogen-bond donors (Lipinski definition) is 2. The van der Waals surface area contributed by atoms with E-state index in [2.05, 4.69) is 32.7 Å². The Hall–Kier alpha value is -1.29. The number of nitrogens with one attached hydrogen (secondary N) is 2. The van der Waals surface area contributed by atoms with E-state index in [0.29, 0.717) is 12.1 Å². The van der Waals surface area contributed by atoms with Gasteiger partial charge in [0.25, 0.3) is 0 Å². The second-order valence-electron chi connectivity index (χ2n) is 5.04. The summed E-state index contributed by atoms with van der Waals surface area (Å²) >= 11 is 0. The fourth-order valence-corrected chi connectivity index (χ4v) is 2.36. The van der Waals surface area contributed by atoms with Gasteiger partial charge in [0.05, 0.1) is 0 Å². The molecular weight excluding hydrogens is 212 g/mol. The van der Waals surface area contributed by atoms with Crippen molar-refractivity contribution in [1.29, 1.82) is 0 Å². The predicted molar refractivity (Wildman–Crippen MR) is 70.6 cm³/mol. The molecule has 1 saturated heterocycles. The maximum Gasteiger partial charge on any atom is 0.128 e. The van der Waals surface area contributed by atoms with Crippen molar-refractivity contribution in [3.8, 4) is 0 Å². The molecule has 2 N–H and O–H groups in total. The fourth-order valence-electron chi connectivity index (χ4n) is 2.36. The molecule has 0 radical (unpaired) electrons. The molecule has 2 aliphatic rings. The van der Waals surface area contributed by atoms with Gasteiger partial charge in [0.1, 0.15) is 5.82 Å². The average molecular weight is 232 g/mol. The lowest BCUT2D eigenvalue weighted by molar-refractivity contribution is 0.617. The zero-order valence-corrected chi connectivity index (χ0v) is 10.3. The van der Waals surface area contributed by atoms with Crippen LogP contribution in [0.25, 0.3) is 0 Å². The summed E-state index contributed by atoms with van der Waals surface area (Å²) in [6, 6.07) is 5.58. The van der Waals surface area contributed by atoms with Gasteiger partial charge in [0.2, 0.25) is 0 Å². The van der Waals surface area contributed by atoms with Crippen LogP contribution in [0.2, 0.25) is 0 Å². The summed E-state index contributed by atoms with van der Waals surface area (Å²) in [5.41, 5.74) is 1.29. The van der Waals surface area contributed by atoms with Gasteiger partial charge in [-0.05, 0) is 32.4 Å². The molecule has 1 aliphatic carbocycles. The third-order valence-corrected chi connectivity index (χ3v) is 3.63. The third kappa shape index (κ3) is 2.52. The van der Waals surface area contributed by atoms with E-state index in [9.17, 15) is 0 Å². The summed E-state index contributed by atoms with van der Waals surface area (Å²) in [5.74, 6) is 1.03. The molecule has 0 spiro atoms. The van der Waals surface area contributed by atoms with Crippen molar-refractivity contribution in [3.63, 3.8) is 0 Å². The summed E-state index contributed by atoms with van der Waals surface area (Å²) in [5, 5.41) is 6.80. The summed E-state index contributed by atoms with van der Waals surface area (Å²) in [6.45, 7) is 2.24. The SMILES string of the molecule is CN[C@@H]1CCN(c2ccnc(NC3CC3)c2)C1. The maximum absolute atomic E-state index is 4.38. The van der Waals surface area contributed by atoms with Crippen molar-refractivity contribution in [3.05, 3.63) is 18.3 Å². The maximum atomic E-state index is 4.38. The highest BCUT2D eigenvalue weighted by molar-refractivity contribution is 5.55. The van der Waals surface area contributed by atoms with Gasteiger partial charge in [-0.25, -0.2) is 4.98 Å². The minimum absolute atomic E-state index is 0.628. The number of likely N-dealkylation sites (N-methyl/N-ethyl adjacent to an activating group) is 1. The van der Waals surface area contributed by atoms with Crippen LogP contribution in [0.1, 0.15) is 19.3 Å². The van der Waals surface area contributed by atoms with Crippen LogP contribution < -0.4 is 15.5 Å². The lowest BCUT2D eigenvalue weighted by Gasteiger charge is -2.19. The van der Waals surface area contributed by atoms with Gasteiger partial charge in [-0.2, -0.15) is 0 Å². The van der Waals surface area contributed by atoms with Crippen LogP contribution in [0.15, 0.2) is 18.3 Å². The van der Waals surface area contributed by atoms with Crippen molar-refractivity contribution in [2.24, 2.45) is 0 Å². The van der Waals surface area contributed by atoms with Gasteiger partial charge in [-0.1, -0.05) is 0 Å². The van der Waals surface area contributed by atoms with Gasteiger partial charge < -0.3 is 15.5 Å². The van der Waals surface area contributed by atoms with Crippen molar-refractivity contribution in [2.75, 3.05) is 30.4 Å². The Balaban J connectivity index is 1.69. The van der Waals surface area contributed by atoms with Gasteiger partial charge >= 0.3 is 0 Å². The summed E-state index contributed by atoms with van der Waals surface area (Å²) in [4.78, 5) is 6.81. The van der Waals surface area contributed by atoms with E-state index in [1.54, 1.807) is 0 Å². The minimum Gasteiger partial charge on any atom is -0.370 e. The highest BCUT2D eigenvalue weighted by atomic mass is 15.2. The number of anilines is 2. The van der Waals surface area contributed by atoms with Crippen LogP contribution in [0.3, 0.4) is 0 Å². The Morgan fingerprint density at radius 1 is 1.29 bits per heavy atom. The summed E-state index contributed by atoms with van der Waals surface area (Å²) in [7, 11) is 2.04. The van der Waals surface area contributed by atoms with Gasteiger partial charge in [0, 0.05) is 43.1 Å². The largest absolute Gasteiger partial charge is 0.370 e. The minimum atomic E-state index is 0.628. The monoisotopic (exact) mass is 232 g/mol. The number of pyridine rings is 1. The quantitative estimate of drug-likeness (QED) is 0.824. The molecule has 4 heteroatoms. The molecule has 1 saturated carbocycles. The molecule has 1 aromatic rings. The molecule has 1 aromatic heterocycles. The Kier molecular flexibility index (Phi) is 2.89. The van der Waals surface area contributed by atoms with Crippen molar-refractivity contribution >= 4 is 11.5 Å². The molecule has 0 unspecified atom stereocenters. The van der Waals surface area contributed by atoms with E-state index >= 15 is 0 Å². The molecule has 92 valence electrons. The van der Waals surface area contributed by atoms with Crippen LogP contribution in [0.4, 0.5) is 11.5 Å². The molecule has 1 atom stereocenters. The average Bonchev–Trinajstić information content (AvgIpc) is 3.04. The predicted octanol–water partition coefficient (Wildman–Crippen LogP) is 1.45. The van der Waals surface area contributed by atoms with Crippen LogP contribution in [0, 0.1) is 0 Å². The molecule has 4 nitrogen and oxygen atoms in total. The first-order chi connectivity index (χ1) is 8.35. The zero-order valence-electron chi connectivity index (χ0n) is 10.3. The molecule has 1 aliphatic heterocycles. The van der Waals surface area contributed by atoms with E-state index in [4.69, 9.17) is 0 Å². The highest BCUT2D eigenvalue weighted by Crippen LogP contribution is 2.26. The smallest absolute Gasteiger partial charge is 0.128 e. The molecule has 3 rings (SSSR count). The topological polar surface area (TPSA) is 40.2 Å². The van der Waals surface area contributed by atoms with Crippen molar-refractivity contribution in [1.82, 2.24) is 10.3 Å². The molecule has 0 bridgehead atoms. The number of nitrogens with zero attached hydrogens (tertiary/aromatic N) is 2. The van der Waals surface area contributed by atoms with Crippen LogP contribution >= 0.6 is 0 Å². The molecule has 0 aromatic carbocycles. The Morgan fingerprint density at radius 3 is 2.88 bits per heavy atom. The van der Waals surface area contributed by atoms with Crippen LogP contribution in [-0.2, 0) is 0 Å². The van der Waals surface area contributed by atoms with Crippen molar-refractivity contribution < 1.29 is 0 Å². The van der Waals surface area contributed by atoms with Gasteiger partial charge in [-0.15, -0.1) is 0 Å². The summed E-state index contributed by atoms with van der Waals surface area (Å²) < 4.78 is 0. The summed E-state index contributed by atoms with van der Waals surface area (Å²) in [6.07, 6.45) is 5.71. The lowest BCUT2D eigenvalue weighted by atomic mass is 10.3. The Morgan fingerprint density at radius 2 is 2.18 bits per heavy atom. The second kappa shape index (κ2) is 4.53. The normalized spacial score (nSPS) is 24.1. The van der Waals surface area contributed by atoms with E-state index in [-0.39, 0.29) is 0 Å². The molecule has 17 heavy (non-hydrogen) atoms. The third-order valence-electron chi connectivity index (χ3n) is 3.63. The highest BCUT2D eigenvalue weighted by Gasteiger charge is 2.23. The lowest BCUT2D eigenvalue weighted by Crippen LogP contribution is -2.29. The Bertz CT molecular complexity index is 389. The van der Waals surface area contributed by atoms with Gasteiger partial charge in [0.15, 0.2) is 0 Å². The standard InChI is InChI=1S/C13H20N4/c1-14-11-5-7-17(9-11)12-4-6-15-13(8-12)16-10-2-3-10/h4,6,8,10-11,14H,2-3,5,7,9H2,1H3,(H,15,16)/t11-/m1/s1. The molecular formula is C13H20N4. The Labute approximate surface area is 102 Å². The number of hydrogen-bond acceptors (Lipinski definition) is 4. The molecule has 0 amide bonds. The number of rotatable bonds is 4. The van der Waals surface area contributed by atoms with Crippen LogP contribution in [-0.4, -0.2) is 37.2 Å². The first-order valence-corrected chi connectivity index (χ1v) is 6.50. The van der Waals surface area contributed by atoms with Crippen molar-refractivity contribution in [2.45, 2.75) is 31.3 Å². The van der Waals surface area contributed by atoms with E-state index in [0.717, 1.165) is 18.9 Å². The van der Waals surface area contributed by atoms with E-state index in [1.807, 2.05) is 13.2 Å². The van der Waals surface area contributed by atoms with Gasteiger partial charge in [-0.3, -0.25) is 0 Å². The fraction of sp³-hybridized carbons (Fsp3) is 0.615. The van der Waals surface area contributed by atoms with Crippen LogP contribution in [0.5, 0.6) is 0 Å². The molecule has 2 heterocycles. The second-order valence-corrected chi connectivity index (χ2v) is 5.04.